The first-order chi connectivity index (χ1) is 10.3. The van der Waals surface area contributed by atoms with Crippen molar-refractivity contribution in [3.05, 3.63) is 64.7 Å². The molecule has 0 aliphatic heterocycles. The number of esters is 1. The lowest BCUT2D eigenvalue weighted by molar-refractivity contribution is 0.0338. The number of sulfonamides is 1. The molecule has 2 aromatic rings. The summed E-state index contributed by atoms with van der Waals surface area (Å²) in [6.07, 6.45) is -0.497. The zero-order chi connectivity index (χ0) is 16.3. The first-order valence-corrected chi connectivity index (χ1v) is 8.30. The summed E-state index contributed by atoms with van der Waals surface area (Å²) in [5.41, 5.74) is 0.769. The van der Waals surface area contributed by atoms with Crippen LogP contribution in [0.4, 0.5) is 0 Å². The monoisotopic (exact) mass is 339 g/mol. The quantitative estimate of drug-likeness (QED) is 0.868. The molecule has 0 heterocycles. The van der Waals surface area contributed by atoms with Gasteiger partial charge < -0.3 is 4.74 Å². The van der Waals surface area contributed by atoms with Crippen LogP contribution in [0.5, 0.6) is 0 Å². The molecule has 0 amide bonds. The van der Waals surface area contributed by atoms with Gasteiger partial charge in [-0.05, 0) is 30.7 Å². The predicted molar refractivity (Wildman–Crippen MR) is 83.1 cm³/mol. The largest absolute Gasteiger partial charge is 0.454 e. The zero-order valence-corrected chi connectivity index (χ0v) is 13.3. The summed E-state index contributed by atoms with van der Waals surface area (Å²) in [6, 6.07) is 12.8. The number of primary sulfonamides is 1. The summed E-state index contributed by atoms with van der Waals surface area (Å²) in [5.74, 6) is -0.716. The summed E-state index contributed by atoms with van der Waals surface area (Å²) >= 11 is 5.93. The van der Waals surface area contributed by atoms with Gasteiger partial charge in [-0.3, -0.25) is 0 Å². The molecule has 0 unspecified atom stereocenters. The Morgan fingerprint density at radius 1 is 1.18 bits per heavy atom. The normalized spacial score (nSPS) is 12.7. The molecule has 0 saturated heterocycles. The number of nitrogens with two attached hydrogens (primary N) is 1. The Labute approximate surface area is 133 Å². The van der Waals surface area contributed by atoms with E-state index in [1.807, 2.05) is 30.3 Å². The lowest BCUT2D eigenvalue weighted by atomic mass is 10.1. The minimum absolute atomic E-state index is 0.0454. The maximum atomic E-state index is 12.2. The molecule has 2 aromatic carbocycles. The Bertz CT molecular complexity index is 790. The van der Waals surface area contributed by atoms with Gasteiger partial charge in [-0.2, -0.15) is 0 Å². The average molecular weight is 340 g/mol. The highest BCUT2D eigenvalue weighted by Crippen LogP contribution is 2.24. The second-order valence-electron chi connectivity index (χ2n) is 4.64. The Kier molecular flexibility index (Phi) is 4.85. The summed E-state index contributed by atoms with van der Waals surface area (Å²) in [4.78, 5) is 12.0. The van der Waals surface area contributed by atoms with E-state index in [0.717, 1.165) is 11.6 Å². The number of benzene rings is 2. The zero-order valence-electron chi connectivity index (χ0n) is 11.7. The maximum absolute atomic E-state index is 12.2. The van der Waals surface area contributed by atoms with Crippen molar-refractivity contribution in [2.24, 2.45) is 5.14 Å². The third-order valence-electron chi connectivity index (χ3n) is 3.04. The number of carbonyl (C=O) groups excluding carboxylic acids is 1. The fourth-order valence-corrected chi connectivity index (χ4v) is 2.59. The van der Waals surface area contributed by atoms with Crippen LogP contribution in [-0.2, 0) is 14.8 Å². The summed E-state index contributed by atoms with van der Waals surface area (Å²) in [5, 5.41) is 5.14. The molecule has 1 atom stereocenters. The smallest absolute Gasteiger partial charge is 0.340 e. The van der Waals surface area contributed by atoms with Crippen LogP contribution in [0.3, 0.4) is 0 Å². The van der Waals surface area contributed by atoms with E-state index in [9.17, 15) is 13.2 Å². The standard InChI is InChI=1S/C15H14ClNO4S/c1-10(11-5-3-2-4-6-11)21-15(18)13-9-12(22(17,19)20)7-8-14(13)16/h2-10H,1H3,(H2,17,19,20)/t10-/m1/s1. The topological polar surface area (TPSA) is 86.5 Å². The third-order valence-corrected chi connectivity index (χ3v) is 4.28. The number of halogens is 1. The van der Waals surface area contributed by atoms with Crippen molar-refractivity contribution in [3.8, 4) is 0 Å². The molecule has 116 valence electrons. The number of hydrogen-bond acceptors (Lipinski definition) is 4. The molecule has 0 fully saturated rings. The van der Waals surface area contributed by atoms with E-state index in [4.69, 9.17) is 21.5 Å². The van der Waals surface area contributed by atoms with Crippen molar-refractivity contribution in [2.45, 2.75) is 17.9 Å². The van der Waals surface area contributed by atoms with Crippen molar-refractivity contribution in [1.29, 1.82) is 0 Å². The van der Waals surface area contributed by atoms with Gasteiger partial charge in [-0.1, -0.05) is 41.9 Å². The van der Waals surface area contributed by atoms with E-state index in [1.54, 1.807) is 6.92 Å². The lowest BCUT2D eigenvalue weighted by Crippen LogP contribution is -2.14. The second kappa shape index (κ2) is 6.48. The Hall–Kier alpha value is -1.89. The fraction of sp³-hybridized carbons (Fsp3) is 0.133. The molecule has 0 radical (unpaired) electrons. The summed E-state index contributed by atoms with van der Waals surface area (Å²) in [6.45, 7) is 1.71. The molecule has 22 heavy (non-hydrogen) atoms. The van der Waals surface area contributed by atoms with Crippen LogP contribution in [0.2, 0.25) is 5.02 Å². The van der Waals surface area contributed by atoms with Gasteiger partial charge in [0.2, 0.25) is 10.0 Å². The minimum Gasteiger partial charge on any atom is -0.454 e. The van der Waals surface area contributed by atoms with Crippen LogP contribution >= 0.6 is 11.6 Å². The highest BCUT2D eigenvalue weighted by Gasteiger charge is 2.19. The van der Waals surface area contributed by atoms with Gasteiger partial charge in [-0.15, -0.1) is 0 Å². The van der Waals surface area contributed by atoms with Crippen molar-refractivity contribution < 1.29 is 17.9 Å². The molecule has 0 spiro atoms. The predicted octanol–water partition coefficient (Wildman–Crippen LogP) is 2.91. The highest BCUT2D eigenvalue weighted by molar-refractivity contribution is 7.89. The summed E-state index contributed by atoms with van der Waals surface area (Å²) < 4.78 is 28.0. The van der Waals surface area contributed by atoms with Gasteiger partial charge in [0.25, 0.3) is 0 Å². The van der Waals surface area contributed by atoms with E-state index < -0.39 is 22.1 Å². The van der Waals surface area contributed by atoms with E-state index in [0.29, 0.717) is 0 Å². The molecule has 0 aliphatic carbocycles. The molecule has 7 heteroatoms. The Morgan fingerprint density at radius 3 is 2.41 bits per heavy atom. The molecular formula is C15H14ClNO4S. The molecule has 0 saturated carbocycles. The maximum Gasteiger partial charge on any atom is 0.340 e. The van der Waals surface area contributed by atoms with Gasteiger partial charge >= 0.3 is 5.97 Å². The van der Waals surface area contributed by atoms with Crippen molar-refractivity contribution in [1.82, 2.24) is 0 Å². The first kappa shape index (κ1) is 16.5. The van der Waals surface area contributed by atoms with Crippen molar-refractivity contribution >= 4 is 27.6 Å². The van der Waals surface area contributed by atoms with Gasteiger partial charge in [0.1, 0.15) is 6.10 Å². The average Bonchev–Trinajstić information content (AvgIpc) is 2.47. The molecule has 2 rings (SSSR count). The Balaban J connectivity index is 2.26. The Morgan fingerprint density at radius 2 is 1.82 bits per heavy atom. The van der Waals surface area contributed by atoms with Crippen LogP contribution in [-0.4, -0.2) is 14.4 Å². The van der Waals surface area contributed by atoms with E-state index >= 15 is 0 Å². The second-order valence-corrected chi connectivity index (χ2v) is 6.61. The van der Waals surface area contributed by atoms with Crippen LogP contribution in [0, 0.1) is 0 Å². The minimum atomic E-state index is -3.92. The van der Waals surface area contributed by atoms with Gasteiger partial charge in [0.15, 0.2) is 0 Å². The molecule has 0 aliphatic rings. The lowest BCUT2D eigenvalue weighted by Gasteiger charge is -2.14. The number of ether oxygens (including phenoxy) is 1. The van der Waals surface area contributed by atoms with E-state index in [2.05, 4.69) is 0 Å². The third kappa shape index (κ3) is 3.85. The van der Waals surface area contributed by atoms with Crippen LogP contribution < -0.4 is 5.14 Å². The molecule has 0 bridgehead atoms. The van der Waals surface area contributed by atoms with E-state index in [-0.39, 0.29) is 15.5 Å². The fourth-order valence-electron chi connectivity index (χ4n) is 1.85. The van der Waals surface area contributed by atoms with E-state index in [1.165, 1.54) is 12.1 Å². The van der Waals surface area contributed by atoms with Crippen LogP contribution in [0.1, 0.15) is 28.9 Å². The van der Waals surface area contributed by atoms with Gasteiger partial charge in [0, 0.05) is 0 Å². The summed E-state index contributed by atoms with van der Waals surface area (Å²) in [7, 11) is -3.92. The molecule has 5 nitrogen and oxygen atoms in total. The number of carbonyl (C=O) groups is 1. The highest BCUT2D eigenvalue weighted by atomic mass is 35.5. The molecule has 2 N–H and O–H groups in total. The number of rotatable bonds is 4. The van der Waals surface area contributed by atoms with Crippen LogP contribution in [0.15, 0.2) is 53.4 Å². The first-order valence-electron chi connectivity index (χ1n) is 6.37. The molecular weight excluding hydrogens is 326 g/mol. The van der Waals surface area contributed by atoms with Gasteiger partial charge in [-0.25, -0.2) is 18.4 Å². The van der Waals surface area contributed by atoms with Crippen LogP contribution in [0.25, 0.3) is 0 Å². The van der Waals surface area contributed by atoms with Crippen molar-refractivity contribution in [3.63, 3.8) is 0 Å². The van der Waals surface area contributed by atoms with Gasteiger partial charge in [0.05, 0.1) is 15.5 Å². The SMILES string of the molecule is C[C@@H](OC(=O)c1cc(S(N)(=O)=O)ccc1Cl)c1ccccc1. The van der Waals surface area contributed by atoms with Crippen molar-refractivity contribution in [2.75, 3.05) is 0 Å². The number of hydrogen-bond donors (Lipinski definition) is 1. The molecule has 0 aromatic heterocycles.